The van der Waals surface area contributed by atoms with Crippen LogP contribution in [0.1, 0.15) is 107 Å². The Morgan fingerprint density at radius 3 is 1.33 bits per heavy atom. The highest BCUT2D eigenvalue weighted by molar-refractivity contribution is 5.95. The topological polar surface area (TPSA) is 105 Å². The van der Waals surface area contributed by atoms with Crippen molar-refractivity contribution >= 4 is 11.9 Å². The van der Waals surface area contributed by atoms with Crippen LogP contribution in [0.15, 0.2) is 0 Å². The largest absolute Gasteiger partial charge is 0.462 e. The molecule has 8 heteroatoms. The molecule has 0 aliphatic carbocycles. The predicted molar refractivity (Wildman–Crippen MR) is 128 cm³/mol. The average Bonchev–Trinajstić information content (AvgIpc) is 2.63. The summed E-state index contributed by atoms with van der Waals surface area (Å²) in [4.78, 5) is 26.4. The zero-order valence-corrected chi connectivity index (χ0v) is 22.2. The van der Waals surface area contributed by atoms with Gasteiger partial charge < -0.3 is 19.9 Å². The quantitative estimate of drug-likeness (QED) is 0.320. The number of unbranched alkanes of at least 4 members (excludes halogenated alkanes) is 1. The maximum absolute atomic E-state index is 13.2. The molecule has 2 aliphatic rings. The highest BCUT2D eigenvalue weighted by Crippen LogP contribution is 2.40. The molecule has 2 saturated heterocycles. The fourth-order valence-electron chi connectivity index (χ4n) is 5.78. The highest BCUT2D eigenvalue weighted by Gasteiger charge is 2.52. The van der Waals surface area contributed by atoms with Crippen LogP contribution in [0.5, 0.6) is 0 Å². The first-order valence-corrected chi connectivity index (χ1v) is 12.4. The molecule has 2 fully saturated rings. The van der Waals surface area contributed by atoms with Gasteiger partial charge in [-0.3, -0.25) is 9.59 Å². The molecule has 0 radical (unpaired) electrons. The number of nitrogens with zero attached hydrogens (tertiary/aromatic N) is 2. The number of esters is 2. The number of rotatable bonds is 7. The van der Waals surface area contributed by atoms with E-state index < -0.39 is 40.0 Å². The molecule has 0 amide bonds. The summed E-state index contributed by atoms with van der Waals surface area (Å²) in [6, 6.07) is 0. The summed E-state index contributed by atoms with van der Waals surface area (Å²) in [5.41, 5.74) is -1.75. The Bertz CT molecular complexity index is 626. The van der Waals surface area contributed by atoms with Crippen molar-refractivity contribution < 1.29 is 29.5 Å². The molecular formula is C25H48N2O6+2. The molecule has 0 saturated carbocycles. The maximum atomic E-state index is 13.2. The van der Waals surface area contributed by atoms with Crippen LogP contribution in [0.2, 0.25) is 0 Å². The van der Waals surface area contributed by atoms with Crippen LogP contribution in [-0.2, 0) is 19.1 Å². The Morgan fingerprint density at radius 1 is 0.758 bits per heavy atom. The van der Waals surface area contributed by atoms with Crippen LogP contribution >= 0.6 is 0 Å². The third-order valence-electron chi connectivity index (χ3n) is 7.31. The first-order chi connectivity index (χ1) is 14.9. The van der Waals surface area contributed by atoms with Crippen molar-refractivity contribution in [2.45, 2.75) is 142 Å². The van der Waals surface area contributed by atoms with E-state index in [-0.39, 0.29) is 12.2 Å². The van der Waals surface area contributed by atoms with Crippen LogP contribution in [0, 0.1) is 5.92 Å². The van der Waals surface area contributed by atoms with Gasteiger partial charge >= 0.3 is 11.9 Å². The molecule has 0 bridgehead atoms. The monoisotopic (exact) mass is 472 g/mol. The lowest BCUT2D eigenvalue weighted by atomic mass is 9.80. The molecule has 0 atom stereocenters. The zero-order valence-electron chi connectivity index (χ0n) is 22.2. The second-order valence-electron chi connectivity index (χ2n) is 12.5. The molecule has 0 aromatic carbocycles. The fraction of sp³-hybridized carbons (Fsp3) is 0.920. The van der Waals surface area contributed by atoms with Crippen molar-refractivity contribution in [1.82, 2.24) is 10.1 Å². The molecule has 4 N–H and O–H groups in total. The van der Waals surface area contributed by atoms with Gasteiger partial charge in [0.2, 0.25) is 0 Å². The summed E-state index contributed by atoms with van der Waals surface area (Å²) in [6.45, 7) is 17.9. The van der Waals surface area contributed by atoms with Crippen molar-refractivity contribution in [1.29, 1.82) is 0 Å². The number of carbonyl (C=O) groups excluding carboxylic acids is 2. The summed E-state index contributed by atoms with van der Waals surface area (Å²) < 4.78 is 11.8. The van der Waals surface area contributed by atoms with E-state index in [1.807, 2.05) is 62.3 Å². The van der Waals surface area contributed by atoms with Crippen LogP contribution in [-0.4, -0.2) is 66.8 Å². The lowest BCUT2D eigenvalue weighted by Crippen LogP contribution is -2.61. The second-order valence-corrected chi connectivity index (χ2v) is 12.5. The van der Waals surface area contributed by atoms with Gasteiger partial charge in [0, 0.05) is 25.7 Å². The van der Waals surface area contributed by atoms with Crippen molar-refractivity contribution in [3.8, 4) is 0 Å². The zero-order chi connectivity index (χ0) is 25.4. The standard InChI is InChI=1S/C25H46N2O6/c1-10-11-12-19(20(28)32-17-13-22(2,3)26(30)23(4,5)14-17)21(29)33-18-15-24(6,7)27(31)25(8,9)16-18/h17-19,30-31H,10-16H2,1-9H3/p+2. The fourth-order valence-corrected chi connectivity index (χ4v) is 5.78. The molecule has 33 heavy (non-hydrogen) atoms. The molecule has 2 aliphatic heterocycles. The summed E-state index contributed by atoms with van der Waals surface area (Å²) >= 11 is 0. The Morgan fingerprint density at radius 2 is 1.06 bits per heavy atom. The van der Waals surface area contributed by atoms with Crippen LogP contribution in [0.25, 0.3) is 0 Å². The van der Waals surface area contributed by atoms with Crippen LogP contribution < -0.4 is 0 Å². The molecule has 2 rings (SSSR count). The van der Waals surface area contributed by atoms with E-state index in [4.69, 9.17) is 19.9 Å². The summed E-state index contributed by atoms with van der Waals surface area (Å²) in [5.74, 6) is -1.97. The van der Waals surface area contributed by atoms with Crippen LogP contribution in [0.3, 0.4) is 0 Å². The SMILES string of the molecule is CCCCC(C(=O)OC1CC(C)(C)N([OH2+])C(C)(C)C1)C(=O)OC1CC(C)(C)N([OH2+])C(C)(C)C1. The Balaban J connectivity index is 2.12. The summed E-state index contributed by atoms with van der Waals surface area (Å²) in [7, 11) is 0. The minimum atomic E-state index is -0.939. The maximum Gasteiger partial charge on any atom is 0.320 e. The molecular weight excluding hydrogens is 424 g/mol. The average molecular weight is 473 g/mol. The van der Waals surface area contributed by atoms with E-state index in [0.717, 1.165) is 12.8 Å². The lowest BCUT2D eigenvalue weighted by molar-refractivity contribution is -0.261. The molecule has 0 spiro atoms. The van der Waals surface area contributed by atoms with Crippen molar-refractivity contribution in [3.05, 3.63) is 0 Å². The Kier molecular flexibility index (Phi) is 8.32. The first-order valence-electron chi connectivity index (χ1n) is 12.4. The van der Waals surface area contributed by atoms with Gasteiger partial charge in [0.1, 0.15) is 12.2 Å². The van der Waals surface area contributed by atoms with Gasteiger partial charge in [-0.2, -0.15) is 0 Å². The molecule has 2 heterocycles. The smallest absolute Gasteiger partial charge is 0.320 e. The predicted octanol–water partition coefficient (Wildman–Crippen LogP) is 3.20. The number of carbonyl (C=O) groups is 2. The van der Waals surface area contributed by atoms with E-state index in [9.17, 15) is 9.59 Å². The van der Waals surface area contributed by atoms with Gasteiger partial charge in [0.25, 0.3) is 0 Å². The first kappa shape index (κ1) is 28.0. The Labute approximate surface area is 199 Å². The van der Waals surface area contributed by atoms with Gasteiger partial charge in [-0.25, -0.2) is 0 Å². The van der Waals surface area contributed by atoms with Gasteiger partial charge in [0.15, 0.2) is 5.92 Å². The van der Waals surface area contributed by atoms with E-state index in [2.05, 4.69) is 0 Å². The number of ether oxygens (including phenoxy) is 2. The van der Waals surface area contributed by atoms with Gasteiger partial charge in [-0.05, 0) is 61.8 Å². The molecule has 0 aromatic rings. The van der Waals surface area contributed by atoms with Crippen LogP contribution in [0.4, 0.5) is 0 Å². The van der Waals surface area contributed by atoms with Crippen molar-refractivity contribution in [3.63, 3.8) is 0 Å². The lowest BCUT2D eigenvalue weighted by Gasteiger charge is -2.47. The minimum absolute atomic E-state index is 0.342. The second kappa shape index (κ2) is 9.80. The number of hydroxylamine groups is 4. The minimum Gasteiger partial charge on any atom is -0.462 e. The Hall–Kier alpha value is -1.22. The number of piperidine rings is 2. The molecule has 8 nitrogen and oxygen atoms in total. The van der Waals surface area contributed by atoms with Crippen molar-refractivity contribution in [2.24, 2.45) is 5.92 Å². The third-order valence-corrected chi connectivity index (χ3v) is 7.31. The van der Waals surface area contributed by atoms with Gasteiger partial charge in [-0.15, -0.1) is 0 Å². The molecule has 0 unspecified atom stereocenters. The van der Waals surface area contributed by atoms with E-state index in [1.165, 1.54) is 0 Å². The third kappa shape index (κ3) is 6.47. The number of hydrogen-bond acceptors (Lipinski definition) is 6. The normalized spacial score (nSPS) is 25.7. The van der Waals surface area contributed by atoms with E-state index in [1.54, 1.807) is 10.1 Å². The van der Waals surface area contributed by atoms with E-state index in [0.29, 0.717) is 32.1 Å². The highest BCUT2D eigenvalue weighted by atomic mass is 16.6. The van der Waals surface area contributed by atoms with Gasteiger partial charge in [-0.1, -0.05) is 29.9 Å². The number of hydrogen-bond donors (Lipinski definition) is 0. The van der Waals surface area contributed by atoms with Crippen molar-refractivity contribution in [2.75, 3.05) is 0 Å². The van der Waals surface area contributed by atoms with E-state index >= 15 is 0 Å². The summed E-state index contributed by atoms with van der Waals surface area (Å²) in [6.07, 6.45) is 3.51. The molecule has 192 valence electrons. The summed E-state index contributed by atoms with van der Waals surface area (Å²) in [5, 5.41) is 20.0. The van der Waals surface area contributed by atoms with Gasteiger partial charge in [0.05, 0.1) is 22.2 Å². The molecule has 0 aromatic heterocycles.